The second-order valence-corrected chi connectivity index (χ2v) is 5.15. The van der Waals surface area contributed by atoms with Crippen molar-refractivity contribution in [2.24, 2.45) is 0 Å². The van der Waals surface area contributed by atoms with Gasteiger partial charge in [0, 0.05) is 23.9 Å². The van der Waals surface area contributed by atoms with Crippen molar-refractivity contribution < 1.29 is 24.6 Å². The third-order valence-corrected chi connectivity index (χ3v) is 3.19. The Morgan fingerprint density at radius 1 is 1.35 bits per heavy atom. The van der Waals surface area contributed by atoms with Gasteiger partial charge in [-0.15, -0.1) is 0 Å². The number of hydrogen-bond donors (Lipinski definition) is 4. The van der Waals surface area contributed by atoms with Crippen LogP contribution in [0, 0.1) is 0 Å². The molecule has 0 aliphatic carbocycles. The molecule has 7 nitrogen and oxygen atoms in total. The lowest BCUT2D eigenvalue weighted by atomic mass is 10.1. The van der Waals surface area contributed by atoms with Crippen LogP contribution in [0.5, 0.6) is 0 Å². The first-order valence-electron chi connectivity index (χ1n) is 5.86. The number of carboxylic acid groups (broad SMARTS) is 1. The molecule has 1 aromatic rings. The lowest BCUT2D eigenvalue weighted by Gasteiger charge is -2.18. The van der Waals surface area contributed by atoms with E-state index in [9.17, 15) is 19.5 Å². The van der Waals surface area contributed by atoms with Crippen molar-refractivity contribution >= 4 is 29.1 Å². The third kappa shape index (κ3) is 4.98. The minimum absolute atomic E-state index is 0.00553. The molecule has 0 spiro atoms. The summed E-state index contributed by atoms with van der Waals surface area (Å²) in [6.07, 6.45) is 0.00553. The molecule has 1 atom stereocenters. The maximum atomic E-state index is 11.5. The van der Waals surface area contributed by atoms with Gasteiger partial charge in [-0.3, -0.25) is 9.59 Å². The first-order chi connectivity index (χ1) is 9.33. The predicted octanol–water partition coefficient (Wildman–Crippen LogP) is -0.180. The second-order valence-electron chi connectivity index (χ2n) is 4.37. The van der Waals surface area contributed by atoms with Gasteiger partial charge in [-0.05, 0) is 18.4 Å². The van der Waals surface area contributed by atoms with Gasteiger partial charge in [0.1, 0.15) is 0 Å². The van der Waals surface area contributed by atoms with Crippen molar-refractivity contribution in [3.63, 3.8) is 0 Å². The van der Waals surface area contributed by atoms with Gasteiger partial charge in [-0.1, -0.05) is 0 Å². The number of aliphatic carboxylic acids is 1. The van der Waals surface area contributed by atoms with E-state index in [4.69, 9.17) is 5.11 Å². The van der Waals surface area contributed by atoms with Crippen LogP contribution in [0.4, 0.5) is 0 Å². The summed E-state index contributed by atoms with van der Waals surface area (Å²) in [6, 6.07) is 1.67. The van der Waals surface area contributed by atoms with Crippen LogP contribution in [-0.2, 0) is 9.59 Å². The van der Waals surface area contributed by atoms with Crippen molar-refractivity contribution in [3.8, 4) is 0 Å². The van der Waals surface area contributed by atoms with Gasteiger partial charge in [0.15, 0.2) is 5.60 Å². The molecule has 20 heavy (non-hydrogen) atoms. The Labute approximate surface area is 119 Å². The smallest absolute Gasteiger partial charge is 0.337 e. The van der Waals surface area contributed by atoms with E-state index in [0.29, 0.717) is 5.56 Å². The van der Waals surface area contributed by atoms with Crippen LogP contribution >= 0.6 is 11.3 Å². The minimum atomic E-state index is -2.00. The number of aliphatic hydroxyl groups is 1. The summed E-state index contributed by atoms with van der Waals surface area (Å²) in [6.45, 7) is 0.837. The molecule has 0 aromatic carbocycles. The van der Waals surface area contributed by atoms with E-state index in [1.54, 1.807) is 16.8 Å². The Morgan fingerprint density at radius 3 is 2.60 bits per heavy atom. The molecule has 1 heterocycles. The molecule has 2 amide bonds. The summed E-state index contributed by atoms with van der Waals surface area (Å²) in [5, 5.41) is 26.4. The Bertz CT molecular complexity index is 484. The van der Waals surface area contributed by atoms with Gasteiger partial charge in [-0.2, -0.15) is 11.3 Å². The Kier molecular flexibility index (Phi) is 5.66. The van der Waals surface area contributed by atoms with Crippen LogP contribution in [0.2, 0.25) is 0 Å². The number of nitrogens with one attached hydrogen (secondary N) is 2. The van der Waals surface area contributed by atoms with Gasteiger partial charge >= 0.3 is 5.97 Å². The Hall–Kier alpha value is -1.93. The molecule has 8 heteroatoms. The lowest BCUT2D eigenvalue weighted by Crippen LogP contribution is -2.47. The lowest BCUT2D eigenvalue weighted by molar-refractivity contribution is -0.156. The van der Waals surface area contributed by atoms with Crippen molar-refractivity contribution in [3.05, 3.63) is 22.4 Å². The zero-order valence-corrected chi connectivity index (χ0v) is 11.7. The van der Waals surface area contributed by atoms with Crippen molar-refractivity contribution in [2.75, 3.05) is 13.1 Å². The maximum absolute atomic E-state index is 11.5. The molecule has 1 unspecified atom stereocenters. The molecule has 0 radical (unpaired) electrons. The van der Waals surface area contributed by atoms with E-state index >= 15 is 0 Å². The number of hydrogen-bond acceptors (Lipinski definition) is 5. The topological polar surface area (TPSA) is 116 Å². The Balaban J connectivity index is 2.24. The fourth-order valence-electron chi connectivity index (χ4n) is 1.22. The quantitative estimate of drug-likeness (QED) is 0.557. The molecule has 0 saturated carbocycles. The SMILES string of the molecule is CC(O)(CNC(=O)CCNC(=O)c1ccsc1)C(=O)O. The fourth-order valence-corrected chi connectivity index (χ4v) is 1.86. The van der Waals surface area contributed by atoms with E-state index in [1.807, 2.05) is 0 Å². The summed E-state index contributed by atoms with van der Waals surface area (Å²) in [5.41, 5.74) is -1.47. The standard InChI is InChI=1S/C12H16N2O5S/c1-12(19,11(17)18)7-14-9(15)2-4-13-10(16)8-3-5-20-6-8/h3,5-6,19H,2,4,7H2,1H3,(H,13,16)(H,14,15)(H,17,18). The number of thiophene rings is 1. The molecular formula is C12H16N2O5S. The monoisotopic (exact) mass is 300 g/mol. The highest BCUT2D eigenvalue weighted by atomic mass is 32.1. The minimum Gasteiger partial charge on any atom is -0.479 e. The first-order valence-corrected chi connectivity index (χ1v) is 6.80. The summed E-state index contributed by atoms with van der Waals surface area (Å²) < 4.78 is 0. The van der Waals surface area contributed by atoms with Gasteiger partial charge in [0.2, 0.25) is 5.91 Å². The van der Waals surface area contributed by atoms with Gasteiger partial charge in [-0.25, -0.2) is 4.79 Å². The molecule has 0 saturated heterocycles. The summed E-state index contributed by atoms with van der Waals surface area (Å²) in [5.74, 6) is -2.13. The molecule has 0 aliphatic rings. The van der Waals surface area contributed by atoms with Crippen molar-refractivity contribution in [2.45, 2.75) is 18.9 Å². The zero-order valence-electron chi connectivity index (χ0n) is 10.9. The normalized spacial score (nSPS) is 13.3. The van der Waals surface area contributed by atoms with Crippen molar-refractivity contribution in [1.29, 1.82) is 0 Å². The number of carbonyl (C=O) groups excluding carboxylic acids is 2. The van der Waals surface area contributed by atoms with Crippen molar-refractivity contribution in [1.82, 2.24) is 10.6 Å². The summed E-state index contributed by atoms with van der Waals surface area (Å²) in [4.78, 5) is 33.6. The van der Waals surface area contributed by atoms with Crippen LogP contribution in [0.1, 0.15) is 23.7 Å². The predicted molar refractivity (Wildman–Crippen MR) is 72.5 cm³/mol. The molecule has 110 valence electrons. The zero-order chi connectivity index (χ0) is 15.2. The molecule has 1 aromatic heterocycles. The molecule has 0 bridgehead atoms. The first kappa shape index (κ1) is 16.1. The largest absolute Gasteiger partial charge is 0.479 e. The third-order valence-electron chi connectivity index (χ3n) is 2.51. The van der Waals surface area contributed by atoms with Gasteiger partial charge < -0.3 is 20.8 Å². The fraction of sp³-hybridized carbons (Fsp3) is 0.417. The van der Waals surface area contributed by atoms with Crippen LogP contribution in [0.3, 0.4) is 0 Å². The van der Waals surface area contributed by atoms with E-state index < -0.39 is 17.5 Å². The highest BCUT2D eigenvalue weighted by Gasteiger charge is 2.30. The molecule has 1 rings (SSSR count). The Morgan fingerprint density at radius 2 is 2.05 bits per heavy atom. The molecule has 0 fully saturated rings. The van der Waals surface area contributed by atoms with Gasteiger partial charge in [0.25, 0.3) is 5.91 Å². The molecule has 4 N–H and O–H groups in total. The van der Waals surface area contributed by atoms with Crippen LogP contribution in [0.15, 0.2) is 16.8 Å². The molecule has 0 aliphatic heterocycles. The second kappa shape index (κ2) is 7.01. The molecular weight excluding hydrogens is 284 g/mol. The van der Waals surface area contributed by atoms with E-state index in [2.05, 4.69) is 10.6 Å². The van der Waals surface area contributed by atoms with E-state index in [0.717, 1.165) is 6.92 Å². The van der Waals surface area contributed by atoms with Crippen LogP contribution < -0.4 is 10.6 Å². The van der Waals surface area contributed by atoms with Crippen LogP contribution in [-0.4, -0.2) is 46.7 Å². The number of carbonyl (C=O) groups is 3. The van der Waals surface area contributed by atoms with E-state index in [1.165, 1.54) is 11.3 Å². The number of rotatable bonds is 7. The highest BCUT2D eigenvalue weighted by molar-refractivity contribution is 7.08. The summed E-state index contributed by atoms with van der Waals surface area (Å²) in [7, 11) is 0. The summed E-state index contributed by atoms with van der Waals surface area (Å²) >= 11 is 1.40. The van der Waals surface area contributed by atoms with E-state index in [-0.39, 0.29) is 25.4 Å². The van der Waals surface area contributed by atoms with Crippen LogP contribution in [0.25, 0.3) is 0 Å². The average Bonchev–Trinajstić information content (AvgIpc) is 2.90. The maximum Gasteiger partial charge on any atom is 0.337 e. The number of carboxylic acids is 1. The highest BCUT2D eigenvalue weighted by Crippen LogP contribution is 2.05. The van der Waals surface area contributed by atoms with Gasteiger partial charge in [0.05, 0.1) is 6.54 Å². The number of amides is 2. The average molecular weight is 300 g/mol.